The van der Waals surface area contributed by atoms with Gasteiger partial charge in [0.05, 0.1) is 43.0 Å². The van der Waals surface area contributed by atoms with E-state index in [1.807, 2.05) is 4.90 Å². The van der Waals surface area contributed by atoms with Crippen LogP contribution in [0.1, 0.15) is 11.3 Å². The van der Waals surface area contributed by atoms with Crippen LogP contribution in [0.3, 0.4) is 0 Å². The summed E-state index contributed by atoms with van der Waals surface area (Å²) in [5.74, 6) is 0.662. The Bertz CT molecular complexity index is 635. The first-order chi connectivity index (χ1) is 11.0. The number of hydrogen-bond acceptors (Lipinski definition) is 4. The number of furan rings is 1. The van der Waals surface area contributed by atoms with E-state index in [9.17, 15) is 13.2 Å². The van der Waals surface area contributed by atoms with Crippen molar-refractivity contribution in [2.75, 3.05) is 36.5 Å². The van der Waals surface area contributed by atoms with Gasteiger partial charge in [0.15, 0.2) is 0 Å². The van der Waals surface area contributed by atoms with Gasteiger partial charge < -0.3 is 19.4 Å². The van der Waals surface area contributed by atoms with Gasteiger partial charge in [0.2, 0.25) is 0 Å². The number of halogens is 3. The number of morpholine rings is 1. The lowest BCUT2D eigenvalue weighted by molar-refractivity contribution is -0.137. The second-order valence-electron chi connectivity index (χ2n) is 5.26. The van der Waals surface area contributed by atoms with Crippen molar-refractivity contribution < 1.29 is 22.3 Å². The zero-order valence-electron chi connectivity index (χ0n) is 12.4. The topological polar surface area (TPSA) is 37.6 Å². The highest BCUT2D eigenvalue weighted by Crippen LogP contribution is 2.36. The highest BCUT2D eigenvalue weighted by Gasteiger charge is 2.31. The predicted molar refractivity (Wildman–Crippen MR) is 80.5 cm³/mol. The van der Waals surface area contributed by atoms with E-state index in [1.165, 1.54) is 12.3 Å². The van der Waals surface area contributed by atoms with Gasteiger partial charge in [0.1, 0.15) is 5.76 Å². The Morgan fingerprint density at radius 3 is 2.57 bits per heavy atom. The minimum Gasteiger partial charge on any atom is -0.467 e. The van der Waals surface area contributed by atoms with Gasteiger partial charge in [0.25, 0.3) is 0 Å². The minimum absolute atomic E-state index is 0.325. The molecule has 0 saturated carbocycles. The molecule has 2 heterocycles. The van der Waals surface area contributed by atoms with Crippen LogP contribution in [0.25, 0.3) is 0 Å². The molecule has 7 heteroatoms. The molecule has 3 rings (SSSR count). The van der Waals surface area contributed by atoms with Crippen LogP contribution < -0.4 is 10.2 Å². The van der Waals surface area contributed by atoms with E-state index in [4.69, 9.17) is 9.15 Å². The number of rotatable bonds is 4. The Morgan fingerprint density at radius 1 is 1.13 bits per heavy atom. The maximum atomic E-state index is 13.0. The van der Waals surface area contributed by atoms with Gasteiger partial charge in [-0.2, -0.15) is 13.2 Å². The number of nitrogens with zero attached hydrogens (tertiary/aromatic N) is 1. The Hall–Kier alpha value is -2.15. The summed E-state index contributed by atoms with van der Waals surface area (Å²) < 4.78 is 49.4. The first kappa shape index (κ1) is 15.7. The molecule has 1 N–H and O–H groups in total. The summed E-state index contributed by atoms with van der Waals surface area (Å²) in [6, 6.07) is 7.29. The monoisotopic (exact) mass is 326 g/mol. The van der Waals surface area contributed by atoms with Gasteiger partial charge in [-0.05, 0) is 30.3 Å². The number of alkyl halides is 3. The molecule has 4 nitrogen and oxygen atoms in total. The third-order valence-corrected chi connectivity index (χ3v) is 3.71. The largest absolute Gasteiger partial charge is 0.467 e. The molecule has 0 spiro atoms. The van der Waals surface area contributed by atoms with Crippen molar-refractivity contribution in [2.45, 2.75) is 12.7 Å². The minimum atomic E-state index is -4.37. The maximum Gasteiger partial charge on any atom is 0.416 e. The molecule has 0 aliphatic carbocycles. The highest BCUT2D eigenvalue weighted by molar-refractivity contribution is 5.71. The van der Waals surface area contributed by atoms with Crippen LogP contribution in [-0.4, -0.2) is 26.3 Å². The fraction of sp³-hybridized carbons (Fsp3) is 0.375. The smallest absolute Gasteiger partial charge is 0.416 e. The lowest BCUT2D eigenvalue weighted by atomic mass is 10.1. The highest BCUT2D eigenvalue weighted by atomic mass is 19.4. The Labute approximate surface area is 131 Å². The number of hydrogen-bond donors (Lipinski definition) is 1. The summed E-state index contributed by atoms with van der Waals surface area (Å²) in [5, 5.41) is 3.05. The third-order valence-electron chi connectivity index (χ3n) is 3.71. The Morgan fingerprint density at radius 2 is 1.91 bits per heavy atom. The summed E-state index contributed by atoms with van der Waals surface area (Å²) in [6.45, 7) is 2.77. The molecule has 1 aromatic carbocycles. The first-order valence-electron chi connectivity index (χ1n) is 7.34. The molecule has 124 valence electrons. The molecule has 0 unspecified atom stereocenters. The van der Waals surface area contributed by atoms with Crippen molar-refractivity contribution in [3.63, 3.8) is 0 Å². The molecule has 0 amide bonds. The average Bonchev–Trinajstić information content (AvgIpc) is 3.06. The van der Waals surface area contributed by atoms with Crippen LogP contribution in [0.2, 0.25) is 0 Å². The van der Waals surface area contributed by atoms with Gasteiger partial charge >= 0.3 is 6.18 Å². The quantitative estimate of drug-likeness (QED) is 0.929. The van der Waals surface area contributed by atoms with Crippen LogP contribution in [-0.2, 0) is 17.5 Å². The van der Waals surface area contributed by atoms with Crippen LogP contribution in [0.5, 0.6) is 0 Å². The van der Waals surface area contributed by atoms with E-state index in [2.05, 4.69) is 5.32 Å². The van der Waals surface area contributed by atoms with Gasteiger partial charge in [-0.25, -0.2) is 0 Å². The standard InChI is InChI=1S/C16H17F3N2O2/c17-16(18,19)12-3-4-15(21-5-8-22-9-6-21)14(10-12)20-11-13-2-1-7-23-13/h1-4,7,10,20H,5-6,8-9,11H2. The summed E-state index contributed by atoms with van der Waals surface area (Å²) >= 11 is 0. The molecule has 0 atom stereocenters. The van der Waals surface area contributed by atoms with Crippen LogP contribution in [0, 0.1) is 0 Å². The van der Waals surface area contributed by atoms with E-state index in [0.29, 0.717) is 44.3 Å². The zero-order chi connectivity index (χ0) is 16.3. The molecule has 1 fully saturated rings. The van der Waals surface area contributed by atoms with E-state index >= 15 is 0 Å². The van der Waals surface area contributed by atoms with Crippen molar-refractivity contribution in [3.8, 4) is 0 Å². The second kappa shape index (κ2) is 6.54. The van der Waals surface area contributed by atoms with Crippen molar-refractivity contribution >= 4 is 11.4 Å². The SMILES string of the molecule is FC(F)(F)c1ccc(N2CCOCC2)c(NCc2ccco2)c1. The van der Waals surface area contributed by atoms with Crippen molar-refractivity contribution in [3.05, 3.63) is 47.9 Å². The normalized spacial score (nSPS) is 15.7. The van der Waals surface area contributed by atoms with E-state index in [1.54, 1.807) is 12.1 Å². The Kier molecular flexibility index (Phi) is 4.47. The molecule has 23 heavy (non-hydrogen) atoms. The van der Waals surface area contributed by atoms with Crippen molar-refractivity contribution in [1.82, 2.24) is 0 Å². The molecule has 1 aliphatic heterocycles. The van der Waals surface area contributed by atoms with Crippen LogP contribution in [0.4, 0.5) is 24.5 Å². The van der Waals surface area contributed by atoms with E-state index < -0.39 is 11.7 Å². The Balaban J connectivity index is 1.87. The summed E-state index contributed by atoms with van der Waals surface area (Å²) in [7, 11) is 0. The second-order valence-corrected chi connectivity index (χ2v) is 5.26. The van der Waals surface area contributed by atoms with E-state index in [-0.39, 0.29) is 0 Å². The number of anilines is 2. The van der Waals surface area contributed by atoms with Crippen LogP contribution >= 0.6 is 0 Å². The summed E-state index contributed by atoms with van der Waals surface area (Å²) in [4.78, 5) is 2.02. The fourth-order valence-electron chi connectivity index (χ4n) is 2.53. The predicted octanol–water partition coefficient (Wildman–Crippen LogP) is 3.75. The lowest BCUT2D eigenvalue weighted by Crippen LogP contribution is -2.36. The molecule has 0 radical (unpaired) electrons. The number of benzene rings is 1. The maximum absolute atomic E-state index is 13.0. The first-order valence-corrected chi connectivity index (χ1v) is 7.34. The summed E-state index contributed by atoms with van der Waals surface area (Å²) in [6.07, 6.45) is -2.84. The number of nitrogens with one attached hydrogen (secondary N) is 1. The van der Waals surface area contributed by atoms with Gasteiger partial charge in [-0.3, -0.25) is 0 Å². The van der Waals surface area contributed by atoms with Crippen molar-refractivity contribution in [1.29, 1.82) is 0 Å². The molecule has 0 bridgehead atoms. The third kappa shape index (κ3) is 3.79. The summed E-state index contributed by atoms with van der Waals surface area (Å²) in [5.41, 5.74) is 0.516. The lowest BCUT2D eigenvalue weighted by Gasteiger charge is -2.31. The van der Waals surface area contributed by atoms with Gasteiger partial charge in [-0.1, -0.05) is 0 Å². The molecule has 1 saturated heterocycles. The average molecular weight is 326 g/mol. The zero-order valence-corrected chi connectivity index (χ0v) is 12.4. The van der Waals surface area contributed by atoms with Crippen LogP contribution in [0.15, 0.2) is 41.0 Å². The number of ether oxygens (including phenoxy) is 1. The van der Waals surface area contributed by atoms with Crippen molar-refractivity contribution in [2.24, 2.45) is 0 Å². The van der Waals surface area contributed by atoms with Gasteiger partial charge in [-0.15, -0.1) is 0 Å². The molecule has 1 aromatic heterocycles. The molecule has 2 aromatic rings. The fourth-order valence-corrected chi connectivity index (χ4v) is 2.53. The molecular formula is C16H17F3N2O2. The molecular weight excluding hydrogens is 309 g/mol. The van der Waals surface area contributed by atoms with Gasteiger partial charge in [0, 0.05) is 13.1 Å². The molecule has 1 aliphatic rings. The van der Waals surface area contributed by atoms with E-state index in [0.717, 1.165) is 17.8 Å².